The van der Waals surface area contributed by atoms with Gasteiger partial charge in [-0.25, -0.2) is 0 Å². The molecule has 0 bridgehead atoms. The Morgan fingerprint density at radius 2 is 2.23 bits per heavy atom. The molecule has 3 nitrogen and oxygen atoms in total. The van der Waals surface area contributed by atoms with Gasteiger partial charge in [-0.3, -0.25) is 4.79 Å². The number of primary amides is 1. The monoisotopic (exact) mass is 180 g/mol. The van der Waals surface area contributed by atoms with Crippen molar-refractivity contribution in [2.24, 2.45) is 5.73 Å². The number of hydrogen-bond donors (Lipinski definition) is 1. The van der Waals surface area contributed by atoms with Crippen molar-refractivity contribution in [3.63, 3.8) is 0 Å². The molecule has 0 unspecified atom stereocenters. The number of carbonyl (C=O) groups excluding carboxylic acids is 1. The largest absolute Gasteiger partial charge is 0.366 e. The molecule has 0 radical (unpaired) electrons. The van der Waals surface area contributed by atoms with E-state index in [1.54, 1.807) is 12.3 Å². The Balaban J connectivity index is 2.98. The van der Waals surface area contributed by atoms with E-state index in [2.05, 4.69) is 20.8 Å². The zero-order valence-electron chi connectivity index (χ0n) is 8.37. The molecule has 0 aliphatic rings. The van der Waals surface area contributed by atoms with Gasteiger partial charge in [-0.2, -0.15) is 0 Å². The third kappa shape index (κ3) is 1.91. The van der Waals surface area contributed by atoms with Crippen LogP contribution in [0.3, 0.4) is 0 Å². The minimum atomic E-state index is -0.370. The Kier molecular flexibility index (Phi) is 2.45. The quantitative estimate of drug-likeness (QED) is 0.756. The van der Waals surface area contributed by atoms with Crippen LogP contribution in [0.25, 0.3) is 0 Å². The normalized spacial score (nSPS) is 11.6. The van der Waals surface area contributed by atoms with Crippen LogP contribution in [0.2, 0.25) is 0 Å². The van der Waals surface area contributed by atoms with E-state index >= 15 is 0 Å². The maximum absolute atomic E-state index is 10.8. The van der Waals surface area contributed by atoms with Gasteiger partial charge in [-0.1, -0.05) is 6.92 Å². The molecule has 0 aliphatic carbocycles. The van der Waals surface area contributed by atoms with E-state index in [4.69, 9.17) is 5.73 Å². The van der Waals surface area contributed by atoms with Crippen LogP contribution < -0.4 is 5.73 Å². The maximum atomic E-state index is 10.8. The van der Waals surface area contributed by atoms with Gasteiger partial charge in [0.2, 0.25) is 5.91 Å². The molecule has 0 saturated heterocycles. The highest BCUT2D eigenvalue weighted by molar-refractivity contribution is 5.92. The molecule has 13 heavy (non-hydrogen) atoms. The van der Waals surface area contributed by atoms with Crippen molar-refractivity contribution >= 4 is 5.91 Å². The summed E-state index contributed by atoms with van der Waals surface area (Å²) in [6, 6.07) is 1.75. The molecule has 1 amide bonds. The summed E-state index contributed by atoms with van der Waals surface area (Å²) in [6.07, 6.45) is 4.70. The van der Waals surface area contributed by atoms with E-state index < -0.39 is 0 Å². The lowest BCUT2D eigenvalue weighted by Crippen LogP contribution is -2.23. The fraction of sp³-hybridized carbons (Fsp3) is 0.500. The average Bonchev–Trinajstić information content (AvgIpc) is 2.52. The summed E-state index contributed by atoms with van der Waals surface area (Å²) in [5.74, 6) is -0.370. The number of amides is 1. The topological polar surface area (TPSA) is 48.0 Å². The van der Waals surface area contributed by atoms with Crippen LogP contribution in [0.15, 0.2) is 18.5 Å². The highest BCUT2D eigenvalue weighted by Crippen LogP contribution is 2.20. The van der Waals surface area contributed by atoms with E-state index in [9.17, 15) is 4.79 Å². The molecule has 0 atom stereocenters. The highest BCUT2D eigenvalue weighted by Gasteiger charge is 2.17. The zero-order valence-corrected chi connectivity index (χ0v) is 8.37. The van der Waals surface area contributed by atoms with Gasteiger partial charge in [-0.15, -0.1) is 0 Å². The molecule has 0 saturated carbocycles. The Hall–Kier alpha value is -1.25. The van der Waals surface area contributed by atoms with Gasteiger partial charge in [-0.05, 0) is 26.3 Å². The Morgan fingerprint density at radius 1 is 1.62 bits per heavy atom. The summed E-state index contributed by atoms with van der Waals surface area (Å²) < 4.78 is 2.02. The number of carbonyl (C=O) groups is 1. The summed E-state index contributed by atoms with van der Waals surface area (Å²) in [5.41, 5.74) is 5.78. The fourth-order valence-corrected chi connectivity index (χ4v) is 1.10. The van der Waals surface area contributed by atoms with Gasteiger partial charge in [0.05, 0.1) is 5.56 Å². The first-order chi connectivity index (χ1) is 5.97. The van der Waals surface area contributed by atoms with Crippen molar-refractivity contribution in [3.05, 3.63) is 24.0 Å². The predicted octanol–water partition coefficient (Wildman–Crippen LogP) is 1.73. The van der Waals surface area contributed by atoms with Crippen molar-refractivity contribution in [3.8, 4) is 0 Å². The van der Waals surface area contributed by atoms with Gasteiger partial charge < -0.3 is 10.3 Å². The smallest absolute Gasteiger partial charge is 0.250 e. The van der Waals surface area contributed by atoms with Crippen LogP contribution in [0.5, 0.6) is 0 Å². The third-order valence-electron chi connectivity index (χ3n) is 2.54. The number of nitrogens with two attached hydrogens (primary N) is 1. The lowest BCUT2D eigenvalue weighted by molar-refractivity contribution is 0.1000. The van der Waals surface area contributed by atoms with Gasteiger partial charge in [0.15, 0.2) is 0 Å². The Morgan fingerprint density at radius 3 is 2.62 bits per heavy atom. The van der Waals surface area contributed by atoms with E-state index in [1.165, 1.54) is 0 Å². The third-order valence-corrected chi connectivity index (χ3v) is 2.54. The first-order valence-corrected chi connectivity index (χ1v) is 4.45. The molecule has 0 spiro atoms. The van der Waals surface area contributed by atoms with Gasteiger partial charge >= 0.3 is 0 Å². The van der Waals surface area contributed by atoms with Gasteiger partial charge in [0.25, 0.3) is 0 Å². The van der Waals surface area contributed by atoms with Gasteiger partial charge in [0.1, 0.15) is 0 Å². The molecule has 1 aromatic rings. The number of aromatic nitrogens is 1. The van der Waals surface area contributed by atoms with Crippen LogP contribution in [0.4, 0.5) is 0 Å². The molecule has 3 heteroatoms. The summed E-state index contributed by atoms with van der Waals surface area (Å²) in [6.45, 7) is 6.36. The average molecular weight is 180 g/mol. The van der Waals surface area contributed by atoms with Crippen molar-refractivity contribution in [1.29, 1.82) is 0 Å². The lowest BCUT2D eigenvalue weighted by atomic mass is 10.0. The minimum absolute atomic E-state index is 0.0493. The van der Waals surface area contributed by atoms with Crippen molar-refractivity contribution in [2.45, 2.75) is 32.7 Å². The minimum Gasteiger partial charge on any atom is -0.366 e. The maximum Gasteiger partial charge on any atom is 0.250 e. The molecule has 0 fully saturated rings. The van der Waals surface area contributed by atoms with Crippen LogP contribution in [-0.2, 0) is 5.54 Å². The SMILES string of the molecule is CCC(C)(C)n1ccc(C(N)=O)c1. The van der Waals surface area contributed by atoms with Crippen molar-refractivity contribution in [2.75, 3.05) is 0 Å². The zero-order chi connectivity index (χ0) is 10.1. The predicted molar refractivity (Wildman–Crippen MR) is 52.6 cm³/mol. The van der Waals surface area contributed by atoms with E-state index in [-0.39, 0.29) is 11.4 Å². The Labute approximate surface area is 78.5 Å². The van der Waals surface area contributed by atoms with Crippen LogP contribution in [-0.4, -0.2) is 10.5 Å². The molecular weight excluding hydrogens is 164 g/mol. The van der Waals surface area contributed by atoms with Crippen LogP contribution in [0.1, 0.15) is 37.6 Å². The highest BCUT2D eigenvalue weighted by atomic mass is 16.1. The first kappa shape index (κ1) is 9.84. The molecule has 0 aliphatic heterocycles. The summed E-state index contributed by atoms with van der Waals surface area (Å²) in [7, 11) is 0. The van der Waals surface area contributed by atoms with E-state index in [1.807, 2.05) is 10.8 Å². The first-order valence-electron chi connectivity index (χ1n) is 4.45. The molecule has 1 rings (SSSR count). The molecule has 0 aromatic carbocycles. The molecule has 1 aromatic heterocycles. The molecule has 72 valence electrons. The second-order valence-corrected chi connectivity index (χ2v) is 3.84. The summed E-state index contributed by atoms with van der Waals surface area (Å²) in [5, 5.41) is 0. The van der Waals surface area contributed by atoms with Crippen LogP contribution >= 0.6 is 0 Å². The molecule has 1 heterocycles. The lowest BCUT2D eigenvalue weighted by Gasteiger charge is -2.25. The molecule has 2 N–H and O–H groups in total. The molecular formula is C10H16N2O. The second kappa shape index (κ2) is 3.24. The number of hydrogen-bond acceptors (Lipinski definition) is 1. The number of nitrogens with zero attached hydrogens (tertiary/aromatic N) is 1. The summed E-state index contributed by atoms with van der Waals surface area (Å²) >= 11 is 0. The number of rotatable bonds is 3. The van der Waals surface area contributed by atoms with Crippen molar-refractivity contribution in [1.82, 2.24) is 4.57 Å². The van der Waals surface area contributed by atoms with E-state index in [0.29, 0.717) is 5.56 Å². The standard InChI is InChI=1S/C10H16N2O/c1-4-10(2,3)12-6-5-8(7-12)9(11)13/h5-7H,4H2,1-3H3,(H2,11,13). The van der Waals surface area contributed by atoms with Gasteiger partial charge in [0, 0.05) is 17.9 Å². The van der Waals surface area contributed by atoms with Crippen LogP contribution in [0, 0.1) is 0 Å². The fourth-order valence-electron chi connectivity index (χ4n) is 1.10. The van der Waals surface area contributed by atoms with E-state index in [0.717, 1.165) is 6.42 Å². The van der Waals surface area contributed by atoms with Crippen molar-refractivity contribution < 1.29 is 4.79 Å². The summed E-state index contributed by atoms with van der Waals surface area (Å²) in [4.78, 5) is 10.8. The Bertz CT molecular complexity index is 312. The second-order valence-electron chi connectivity index (χ2n) is 3.84.